The predicted octanol–water partition coefficient (Wildman–Crippen LogP) is 3.43. The zero-order chi connectivity index (χ0) is 12.0. The lowest BCUT2D eigenvalue weighted by Crippen LogP contribution is -2.29. The Balaban J connectivity index is 2.69. The Morgan fingerprint density at radius 2 is 2.12 bits per heavy atom. The van der Waals surface area contributed by atoms with Crippen molar-refractivity contribution in [1.29, 1.82) is 0 Å². The van der Waals surface area contributed by atoms with E-state index in [-0.39, 0.29) is 6.03 Å². The van der Waals surface area contributed by atoms with Gasteiger partial charge in [0, 0.05) is 17.3 Å². The second-order valence-electron chi connectivity index (χ2n) is 3.54. The second kappa shape index (κ2) is 6.38. The molecule has 0 unspecified atom stereocenters. The maximum atomic E-state index is 11.5. The largest absolute Gasteiger partial charge is 0.338 e. The lowest BCUT2D eigenvalue weighted by atomic mass is 10.1. The molecule has 0 aromatic heterocycles. The highest BCUT2D eigenvalue weighted by molar-refractivity contribution is 6.30. The first-order valence-electron chi connectivity index (χ1n) is 5.50. The predicted molar refractivity (Wildman–Crippen MR) is 68.1 cm³/mol. The third kappa shape index (κ3) is 3.74. The molecule has 3 nitrogen and oxygen atoms in total. The summed E-state index contributed by atoms with van der Waals surface area (Å²) < 4.78 is 0. The third-order valence-corrected chi connectivity index (χ3v) is 2.47. The molecule has 4 heteroatoms. The van der Waals surface area contributed by atoms with Gasteiger partial charge in [-0.3, -0.25) is 0 Å². The summed E-state index contributed by atoms with van der Waals surface area (Å²) in [5.41, 5.74) is 1.86. The monoisotopic (exact) mass is 240 g/mol. The number of rotatable bonds is 4. The van der Waals surface area contributed by atoms with E-state index in [0.29, 0.717) is 11.6 Å². The molecule has 0 spiro atoms. The van der Waals surface area contributed by atoms with Crippen LogP contribution < -0.4 is 10.6 Å². The normalized spacial score (nSPS) is 9.94. The fourth-order valence-electron chi connectivity index (χ4n) is 1.38. The van der Waals surface area contributed by atoms with Crippen molar-refractivity contribution < 1.29 is 4.79 Å². The smallest absolute Gasteiger partial charge is 0.319 e. The van der Waals surface area contributed by atoms with E-state index >= 15 is 0 Å². The molecule has 0 atom stereocenters. The number of halogens is 1. The number of hydrogen-bond donors (Lipinski definition) is 2. The van der Waals surface area contributed by atoms with Gasteiger partial charge in [0.05, 0.1) is 0 Å². The summed E-state index contributed by atoms with van der Waals surface area (Å²) in [4.78, 5) is 11.5. The van der Waals surface area contributed by atoms with E-state index < -0.39 is 0 Å². The Morgan fingerprint density at radius 1 is 1.38 bits per heavy atom. The molecule has 0 radical (unpaired) electrons. The van der Waals surface area contributed by atoms with Crippen molar-refractivity contribution in [2.45, 2.75) is 26.7 Å². The zero-order valence-corrected chi connectivity index (χ0v) is 10.4. The van der Waals surface area contributed by atoms with Crippen LogP contribution in [0, 0.1) is 0 Å². The Kier molecular flexibility index (Phi) is 5.12. The minimum atomic E-state index is -0.168. The Labute approximate surface area is 101 Å². The van der Waals surface area contributed by atoms with Gasteiger partial charge in [0.15, 0.2) is 0 Å². The van der Waals surface area contributed by atoms with Crippen LogP contribution in [0.3, 0.4) is 0 Å². The standard InChI is InChI=1S/C12H17ClN2O/c1-3-7-14-12(16)15-11-6-5-10(13)8-9(11)4-2/h5-6,8H,3-4,7H2,1-2H3,(H2,14,15,16). The SMILES string of the molecule is CCCNC(=O)Nc1ccc(Cl)cc1CC. The van der Waals surface area contributed by atoms with Gasteiger partial charge in [0.25, 0.3) is 0 Å². The van der Waals surface area contributed by atoms with Crippen molar-refractivity contribution in [3.8, 4) is 0 Å². The molecule has 0 saturated heterocycles. The molecule has 0 bridgehead atoms. The van der Waals surface area contributed by atoms with Crippen molar-refractivity contribution >= 4 is 23.3 Å². The van der Waals surface area contributed by atoms with Gasteiger partial charge in [-0.05, 0) is 36.6 Å². The number of nitrogens with one attached hydrogen (secondary N) is 2. The van der Waals surface area contributed by atoms with Crippen molar-refractivity contribution in [3.63, 3.8) is 0 Å². The van der Waals surface area contributed by atoms with Crippen molar-refractivity contribution in [2.24, 2.45) is 0 Å². The molecule has 2 N–H and O–H groups in total. The molecule has 1 aromatic carbocycles. The minimum Gasteiger partial charge on any atom is -0.338 e. The number of urea groups is 1. The lowest BCUT2D eigenvalue weighted by Gasteiger charge is -2.10. The molecule has 0 aliphatic heterocycles. The second-order valence-corrected chi connectivity index (χ2v) is 3.97. The van der Waals surface area contributed by atoms with E-state index in [0.717, 1.165) is 24.1 Å². The van der Waals surface area contributed by atoms with E-state index in [2.05, 4.69) is 10.6 Å². The quantitative estimate of drug-likeness (QED) is 0.832. The molecule has 0 heterocycles. The number of carbonyl (C=O) groups is 1. The summed E-state index contributed by atoms with van der Waals surface area (Å²) >= 11 is 5.89. The molecule has 1 aromatic rings. The molecule has 1 rings (SSSR count). The minimum absolute atomic E-state index is 0.168. The summed E-state index contributed by atoms with van der Waals surface area (Å²) in [6.07, 6.45) is 1.76. The van der Waals surface area contributed by atoms with Crippen LogP contribution in [0.1, 0.15) is 25.8 Å². The average Bonchev–Trinajstić information content (AvgIpc) is 2.28. The van der Waals surface area contributed by atoms with E-state index in [1.54, 1.807) is 6.07 Å². The first kappa shape index (κ1) is 12.8. The van der Waals surface area contributed by atoms with Gasteiger partial charge in [0.1, 0.15) is 0 Å². The van der Waals surface area contributed by atoms with E-state index in [1.807, 2.05) is 26.0 Å². The number of anilines is 1. The maximum Gasteiger partial charge on any atom is 0.319 e. The summed E-state index contributed by atoms with van der Waals surface area (Å²) in [5, 5.41) is 6.27. The van der Waals surface area contributed by atoms with Crippen LogP contribution in [-0.4, -0.2) is 12.6 Å². The van der Waals surface area contributed by atoms with Crippen LogP contribution in [0.5, 0.6) is 0 Å². The maximum absolute atomic E-state index is 11.5. The van der Waals surface area contributed by atoms with Gasteiger partial charge in [-0.2, -0.15) is 0 Å². The van der Waals surface area contributed by atoms with E-state index in [9.17, 15) is 4.79 Å². The molecule has 88 valence electrons. The molecule has 0 aliphatic carbocycles. The molecule has 0 fully saturated rings. The number of hydrogen-bond acceptors (Lipinski definition) is 1. The van der Waals surface area contributed by atoms with Crippen LogP contribution in [0.4, 0.5) is 10.5 Å². The van der Waals surface area contributed by atoms with Crippen LogP contribution in [-0.2, 0) is 6.42 Å². The summed E-state index contributed by atoms with van der Waals surface area (Å²) in [6.45, 7) is 4.72. The van der Waals surface area contributed by atoms with Gasteiger partial charge in [-0.1, -0.05) is 25.4 Å². The Bertz CT molecular complexity index is 366. The highest BCUT2D eigenvalue weighted by atomic mass is 35.5. The molecular weight excluding hydrogens is 224 g/mol. The van der Waals surface area contributed by atoms with Crippen molar-refractivity contribution in [2.75, 3.05) is 11.9 Å². The van der Waals surface area contributed by atoms with Crippen LogP contribution >= 0.6 is 11.6 Å². The zero-order valence-electron chi connectivity index (χ0n) is 9.64. The highest BCUT2D eigenvalue weighted by Gasteiger charge is 2.05. The number of benzene rings is 1. The fourth-order valence-corrected chi connectivity index (χ4v) is 1.58. The topological polar surface area (TPSA) is 41.1 Å². The van der Waals surface area contributed by atoms with Crippen LogP contribution in [0.15, 0.2) is 18.2 Å². The third-order valence-electron chi connectivity index (χ3n) is 2.23. The van der Waals surface area contributed by atoms with E-state index in [1.165, 1.54) is 0 Å². The summed E-state index contributed by atoms with van der Waals surface area (Å²) in [7, 11) is 0. The van der Waals surface area contributed by atoms with Crippen molar-refractivity contribution in [3.05, 3.63) is 28.8 Å². The van der Waals surface area contributed by atoms with E-state index in [4.69, 9.17) is 11.6 Å². The Hall–Kier alpha value is -1.22. The Morgan fingerprint density at radius 3 is 2.75 bits per heavy atom. The van der Waals surface area contributed by atoms with Gasteiger partial charge >= 0.3 is 6.03 Å². The first-order valence-corrected chi connectivity index (χ1v) is 5.88. The molecular formula is C12H17ClN2O. The molecule has 2 amide bonds. The molecule has 16 heavy (non-hydrogen) atoms. The first-order chi connectivity index (χ1) is 7.67. The summed E-state index contributed by atoms with van der Waals surface area (Å²) in [5.74, 6) is 0. The average molecular weight is 241 g/mol. The van der Waals surface area contributed by atoms with Gasteiger partial charge in [-0.15, -0.1) is 0 Å². The summed E-state index contributed by atoms with van der Waals surface area (Å²) in [6, 6.07) is 5.30. The molecule has 0 saturated carbocycles. The van der Waals surface area contributed by atoms with Gasteiger partial charge in [0.2, 0.25) is 0 Å². The lowest BCUT2D eigenvalue weighted by molar-refractivity contribution is 0.252. The number of aryl methyl sites for hydroxylation is 1. The van der Waals surface area contributed by atoms with Crippen molar-refractivity contribution in [1.82, 2.24) is 5.32 Å². The molecule has 0 aliphatic rings. The van der Waals surface area contributed by atoms with Gasteiger partial charge in [-0.25, -0.2) is 4.79 Å². The highest BCUT2D eigenvalue weighted by Crippen LogP contribution is 2.20. The van der Waals surface area contributed by atoms with Crippen LogP contribution in [0.2, 0.25) is 5.02 Å². The fraction of sp³-hybridized carbons (Fsp3) is 0.417. The number of amides is 2. The van der Waals surface area contributed by atoms with Crippen LogP contribution in [0.25, 0.3) is 0 Å². The van der Waals surface area contributed by atoms with Gasteiger partial charge < -0.3 is 10.6 Å². The number of carbonyl (C=O) groups excluding carboxylic acids is 1.